The van der Waals surface area contributed by atoms with E-state index in [1.807, 2.05) is 0 Å². The number of hydrogen-bond acceptors (Lipinski definition) is 4. The van der Waals surface area contributed by atoms with E-state index in [0.717, 1.165) is 0 Å². The van der Waals surface area contributed by atoms with Gasteiger partial charge in [0, 0.05) is 0 Å². The van der Waals surface area contributed by atoms with E-state index in [4.69, 9.17) is 19.2 Å². The molecule has 0 saturated heterocycles. The smallest absolute Gasteiger partial charge is 0.368 e. The normalized spacial score (nSPS) is 12.2. The fourth-order valence-corrected chi connectivity index (χ4v) is 0.697. The predicted molar refractivity (Wildman–Crippen MR) is 53.3 cm³/mol. The molecular weight excluding hydrogens is 227 g/mol. The first-order valence-corrected chi connectivity index (χ1v) is 6.32. The minimum absolute atomic E-state index is 0. The van der Waals surface area contributed by atoms with Gasteiger partial charge in [0.25, 0.3) is 0 Å². The van der Waals surface area contributed by atoms with E-state index >= 15 is 0 Å². The van der Waals surface area contributed by atoms with Gasteiger partial charge in [-0.25, -0.2) is 0 Å². The van der Waals surface area contributed by atoms with Gasteiger partial charge in [0.1, 0.15) is 0 Å². The summed E-state index contributed by atoms with van der Waals surface area (Å²) in [5.74, 6) is 0.704. The molecule has 0 aliphatic carbocycles. The Hall–Kier alpha value is 1.69. The molecular formula is C8H21KO4Si. The standard InChI is InChI=1S/C8H17.K.H4O4Si/c1-4-6-7-8(3)5-2;;1-5(2,3)4/h8H,3-7H2,1-2H3;;1-4H/q-1;+1;. The largest absolute Gasteiger partial charge is 1.00 e. The molecule has 0 saturated carbocycles. The Morgan fingerprint density at radius 1 is 1.14 bits per heavy atom. The van der Waals surface area contributed by atoms with E-state index in [1.54, 1.807) is 0 Å². The van der Waals surface area contributed by atoms with Gasteiger partial charge in [-0.15, -0.1) is 0 Å². The van der Waals surface area contributed by atoms with E-state index in [1.165, 1.54) is 25.7 Å². The summed E-state index contributed by atoms with van der Waals surface area (Å²) in [4.78, 5) is 29.3. The van der Waals surface area contributed by atoms with Crippen molar-refractivity contribution >= 4 is 9.05 Å². The van der Waals surface area contributed by atoms with Crippen LogP contribution in [-0.2, 0) is 0 Å². The quantitative estimate of drug-likeness (QED) is 0.326. The van der Waals surface area contributed by atoms with Gasteiger partial charge in [-0.2, -0.15) is 5.92 Å². The Morgan fingerprint density at radius 2 is 1.50 bits per heavy atom. The van der Waals surface area contributed by atoms with Crippen molar-refractivity contribution in [2.75, 3.05) is 0 Å². The topological polar surface area (TPSA) is 80.9 Å². The maximum Gasteiger partial charge on any atom is 1.00 e. The van der Waals surface area contributed by atoms with Gasteiger partial charge in [-0.1, -0.05) is 39.5 Å². The summed E-state index contributed by atoms with van der Waals surface area (Å²) in [5, 5.41) is 0. The Morgan fingerprint density at radius 3 is 1.71 bits per heavy atom. The SMILES string of the molecule is O[Si](O)(O)O.[CH2-]C(CC)CCCC.[K+]. The summed E-state index contributed by atoms with van der Waals surface area (Å²) in [6, 6.07) is 0. The van der Waals surface area contributed by atoms with Crippen molar-refractivity contribution in [3.8, 4) is 0 Å². The summed E-state index contributed by atoms with van der Waals surface area (Å²) in [6.07, 6.45) is 5.21. The molecule has 0 spiro atoms. The van der Waals surface area contributed by atoms with Crippen molar-refractivity contribution < 1.29 is 70.6 Å². The average Bonchev–Trinajstić information content (AvgIpc) is 1.97. The molecule has 0 bridgehead atoms. The van der Waals surface area contributed by atoms with Gasteiger partial charge in [0.05, 0.1) is 0 Å². The predicted octanol–water partition coefficient (Wildman–Crippen LogP) is -2.57. The Balaban J connectivity index is -0.000000177. The van der Waals surface area contributed by atoms with Crippen molar-refractivity contribution in [3.05, 3.63) is 6.92 Å². The van der Waals surface area contributed by atoms with Crippen LogP contribution in [0, 0.1) is 12.8 Å². The van der Waals surface area contributed by atoms with Crippen molar-refractivity contribution in [2.45, 2.75) is 39.5 Å². The molecule has 0 radical (unpaired) electrons. The minimum atomic E-state index is -4.61. The third-order valence-electron chi connectivity index (χ3n) is 1.54. The number of hydrogen-bond donors (Lipinski definition) is 4. The summed E-state index contributed by atoms with van der Waals surface area (Å²) in [6.45, 7) is 8.42. The summed E-state index contributed by atoms with van der Waals surface area (Å²) >= 11 is 0. The van der Waals surface area contributed by atoms with E-state index in [0.29, 0.717) is 5.92 Å². The first-order valence-electron chi connectivity index (χ1n) is 4.53. The Bertz CT molecular complexity index is 102. The van der Waals surface area contributed by atoms with Gasteiger partial charge in [-0.3, -0.25) is 0 Å². The third-order valence-corrected chi connectivity index (χ3v) is 1.54. The fourth-order valence-electron chi connectivity index (χ4n) is 0.697. The van der Waals surface area contributed by atoms with Crippen LogP contribution in [0.25, 0.3) is 0 Å². The zero-order valence-corrected chi connectivity index (χ0v) is 13.5. The molecule has 1 unspecified atom stereocenters. The van der Waals surface area contributed by atoms with Gasteiger partial charge < -0.3 is 26.1 Å². The Kier molecular flexibility index (Phi) is 19.2. The fraction of sp³-hybridized carbons (Fsp3) is 0.875. The zero-order chi connectivity index (χ0) is 10.9. The van der Waals surface area contributed by atoms with Crippen molar-refractivity contribution in [1.29, 1.82) is 0 Å². The van der Waals surface area contributed by atoms with Crippen LogP contribution in [0.3, 0.4) is 0 Å². The second kappa shape index (κ2) is 12.8. The first kappa shape index (κ1) is 21.0. The molecule has 0 aromatic rings. The van der Waals surface area contributed by atoms with Gasteiger partial charge in [0.2, 0.25) is 0 Å². The maximum atomic E-state index is 7.33. The second-order valence-corrected chi connectivity index (χ2v) is 4.22. The first-order chi connectivity index (χ1) is 5.81. The minimum Gasteiger partial charge on any atom is -0.368 e. The molecule has 0 rings (SSSR count). The number of rotatable bonds is 4. The van der Waals surface area contributed by atoms with Gasteiger partial charge >= 0.3 is 60.4 Å². The molecule has 0 aliphatic heterocycles. The summed E-state index contributed by atoms with van der Waals surface area (Å²) < 4.78 is 0. The van der Waals surface area contributed by atoms with E-state index < -0.39 is 9.05 Å². The molecule has 1 atom stereocenters. The molecule has 0 amide bonds. The van der Waals surface area contributed by atoms with Gasteiger partial charge in [-0.05, 0) is 0 Å². The Labute approximate surface area is 130 Å². The van der Waals surface area contributed by atoms with Crippen LogP contribution < -0.4 is 51.4 Å². The van der Waals surface area contributed by atoms with Crippen molar-refractivity contribution in [3.63, 3.8) is 0 Å². The monoisotopic (exact) mass is 248 g/mol. The third kappa shape index (κ3) is 37.3. The molecule has 0 aromatic carbocycles. The van der Waals surface area contributed by atoms with Crippen LogP contribution in [0.4, 0.5) is 0 Å². The summed E-state index contributed by atoms with van der Waals surface area (Å²) in [5.41, 5.74) is 0. The molecule has 0 aliphatic rings. The van der Waals surface area contributed by atoms with E-state index in [-0.39, 0.29) is 51.4 Å². The molecule has 82 valence electrons. The molecule has 4 nitrogen and oxygen atoms in total. The summed E-state index contributed by atoms with van der Waals surface area (Å²) in [7, 11) is -4.61. The van der Waals surface area contributed by atoms with Crippen LogP contribution in [-0.4, -0.2) is 28.2 Å². The second-order valence-electron chi connectivity index (χ2n) is 3.02. The van der Waals surface area contributed by atoms with E-state index in [2.05, 4.69) is 20.8 Å². The van der Waals surface area contributed by atoms with Gasteiger partial charge in [0.15, 0.2) is 0 Å². The van der Waals surface area contributed by atoms with Crippen LogP contribution >= 0.6 is 0 Å². The molecule has 0 fully saturated rings. The molecule has 6 heteroatoms. The van der Waals surface area contributed by atoms with Crippen LogP contribution in [0.2, 0.25) is 0 Å². The molecule has 4 N–H and O–H groups in total. The van der Waals surface area contributed by atoms with E-state index in [9.17, 15) is 0 Å². The maximum absolute atomic E-state index is 7.33. The van der Waals surface area contributed by atoms with Crippen LogP contribution in [0.15, 0.2) is 0 Å². The molecule has 0 aromatic heterocycles. The zero-order valence-electron chi connectivity index (χ0n) is 9.40. The molecule has 0 heterocycles. The van der Waals surface area contributed by atoms with Crippen molar-refractivity contribution in [2.24, 2.45) is 5.92 Å². The van der Waals surface area contributed by atoms with Crippen molar-refractivity contribution in [1.82, 2.24) is 0 Å². The van der Waals surface area contributed by atoms with Crippen LogP contribution in [0.1, 0.15) is 39.5 Å². The van der Waals surface area contributed by atoms with Crippen LogP contribution in [0.5, 0.6) is 0 Å². The average molecular weight is 248 g/mol. The molecule has 14 heavy (non-hydrogen) atoms. The number of unbranched alkanes of at least 4 members (excludes halogenated alkanes) is 1.